The van der Waals surface area contributed by atoms with Gasteiger partial charge in [-0.1, -0.05) is 12.2 Å². The van der Waals surface area contributed by atoms with E-state index in [1.165, 1.54) is 12.0 Å². The minimum absolute atomic E-state index is 0.00375. The molecule has 2 aliphatic heterocycles. The van der Waals surface area contributed by atoms with Crippen LogP contribution in [0.3, 0.4) is 0 Å². The SMILES string of the molecule is CC(=O)N1OC2C=CC1CC2. The van der Waals surface area contributed by atoms with Crippen molar-refractivity contribution in [1.29, 1.82) is 0 Å². The van der Waals surface area contributed by atoms with Crippen LogP contribution in [0.5, 0.6) is 0 Å². The molecule has 0 aromatic rings. The zero-order chi connectivity index (χ0) is 7.84. The maximum Gasteiger partial charge on any atom is 0.243 e. The first-order valence-corrected chi connectivity index (χ1v) is 3.92. The molecular weight excluding hydrogens is 142 g/mol. The van der Waals surface area contributed by atoms with E-state index in [1.54, 1.807) is 0 Å². The van der Waals surface area contributed by atoms with Crippen LogP contribution in [0.15, 0.2) is 12.2 Å². The second kappa shape index (κ2) is 2.34. The van der Waals surface area contributed by atoms with E-state index in [0.717, 1.165) is 12.8 Å². The Kier molecular flexibility index (Phi) is 1.46. The van der Waals surface area contributed by atoms with Gasteiger partial charge in [-0.05, 0) is 12.8 Å². The lowest BCUT2D eigenvalue weighted by Crippen LogP contribution is -2.47. The van der Waals surface area contributed by atoms with Gasteiger partial charge < -0.3 is 0 Å². The lowest BCUT2D eigenvalue weighted by molar-refractivity contribution is -0.228. The van der Waals surface area contributed by atoms with Crippen molar-refractivity contribution in [1.82, 2.24) is 5.06 Å². The van der Waals surface area contributed by atoms with Crippen LogP contribution in [0.2, 0.25) is 0 Å². The zero-order valence-corrected chi connectivity index (χ0v) is 6.49. The van der Waals surface area contributed by atoms with Gasteiger partial charge in [-0.25, -0.2) is 5.06 Å². The van der Waals surface area contributed by atoms with Crippen LogP contribution < -0.4 is 0 Å². The van der Waals surface area contributed by atoms with Crippen LogP contribution >= 0.6 is 0 Å². The van der Waals surface area contributed by atoms with Crippen molar-refractivity contribution in [2.75, 3.05) is 0 Å². The molecule has 3 heteroatoms. The predicted molar refractivity (Wildman–Crippen MR) is 39.6 cm³/mol. The van der Waals surface area contributed by atoms with E-state index in [9.17, 15) is 4.79 Å². The molecular formula is C8H11NO2. The van der Waals surface area contributed by atoms with Gasteiger partial charge in [0.1, 0.15) is 6.10 Å². The number of hydrogen-bond donors (Lipinski definition) is 0. The summed E-state index contributed by atoms with van der Waals surface area (Å²) < 4.78 is 0. The number of amides is 1. The Morgan fingerprint density at radius 2 is 2.36 bits per heavy atom. The summed E-state index contributed by atoms with van der Waals surface area (Å²) in [5.74, 6) is 0.00375. The Morgan fingerprint density at radius 3 is 2.64 bits per heavy atom. The Balaban J connectivity index is 2.17. The van der Waals surface area contributed by atoms with Gasteiger partial charge in [-0.15, -0.1) is 0 Å². The van der Waals surface area contributed by atoms with E-state index in [1.807, 2.05) is 6.08 Å². The first-order valence-electron chi connectivity index (χ1n) is 3.92. The number of hydroxylamine groups is 2. The van der Waals surface area contributed by atoms with Gasteiger partial charge in [-0.2, -0.15) is 0 Å². The summed E-state index contributed by atoms with van der Waals surface area (Å²) in [7, 11) is 0. The number of carbonyl (C=O) groups excluding carboxylic acids is 1. The predicted octanol–water partition coefficient (Wildman–Crippen LogP) is 0.867. The van der Waals surface area contributed by atoms with E-state index in [4.69, 9.17) is 4.84 Å². The van der Waals surface area contributed by atoms with Crippen molar-refractivity contribution < 1.29 is 9.63 Å². The van der Waals surface area contributed by atoms with Crippen LogP contribution in [0, 0.1) is 0 Å². The molecule has 2 heterocycles. The van der Waals surface area contributed by atoms with Crippen molar-refractivity contribution in [2.45, 2.75) is 31.9 Å². The average molecular weight is 153 g/mol. The first-order chi connectivity index (χ1) is 5.27. The van der Waals surface area contributed by atoms with Gasteiger partial charge in [0, 0.05) is 6.92 Å². The molecule has 1 fully saturated rings. The highest BCUT2D eigenvalue weighted by atomic mass is 16.7. The fourth-order valence-corrected chi connectivity index (χ4v) is 1.59. The van der Waals surface area contributed by atoms with E-state index >= 15 is 0 Å². The summed E-state index contributed by atoms with van der Waals surface area (Å²) in [6.07, 6.45) is 6.32. The molecule has 3 rings (SSSR count). The number of carbonyl (C=O) groups is 1. The fraction of sp³-hybridized carbons (Fsp3) is 0.625. The third kappa shape index (κ3) is 1.05. The molecule has 2 bridgehead atoms. The Labute approximate surface area is 65.6 Å². The molecule has 1 amide bonds. The Bertz CT molecular complexity index is 212. The molecule has 3 nitrogen and oxygen atoms in total. The number of hydrogen-bond acceptors (Lipinski definition) is 2. The quantitative estimate of drug-likeness (QED) is 0.483. The van der Waals surface area contributed by atoms with Crippen molar-refractivity contribution in [3.05, 3.63) is 12.2 Å². The third-order valence-electron chi connectivity index (χ3n) is 2.16. The van der Waals surface area contributed by atoms with Gasteiger partial charge in [0.15, 0.2) is 0 Å². The summed E-state index contributed by atoms with van der Waals surface area (Å²) in [5, 5.41) is 1.48. The van der Waals surface area contributed by atoms with Crippen LogP contribution in [-0.4, -0.2) is 23.1 Å². The second-order valence-electron chi connectivity index (χ2n) is 3.02. The summed E-state index contributed by atoms with van der Waals surface area (Å²) in [5.41, 5.74) is 0. The van der Waals surface area contributed by atoms with Crippen LogP contribution in [0.25, 0.3) is 0 Å². The molecule has 2 unspecified atom stereocenters. The lowest BCUT2D eigenvalue weighted by Gasteiger charge is -2.39. The zero-order valence-electron chi connectivity index (χ0n) is 6.49. The molecule has 0 aromatic heterocycles. The van der Waals surface area contributed by atoms with E-state index < -0.39 is 0 Å². The summed E-state index contributed by atoms with van der Waals surface area (Å²) in [4.78, 5) is 16.3. The van der Waals surface area contributed by atoms with Crippen molar-refractivity contribution >= 4 is 5.91 Å². The molecule has 2 atom stereocenters. The van der Waals surface area contributed by atoms with E-state index in [-0.39, 0.29) is 18.1 Å². The maximum absolute atomic E-state index is 11.0. The monoisotopic (exact) mass is 153 g/mol. The van der Waals surface area contributed by atoms with Crippen LogP contribution in [0.1, 0.15) is 19.8 Å². The molecule has 11 heavy (non-hydrogen) atoms. The molecule has 3 aliphatic rings. The van der Waals surface area contributed by atoms with Crippen molar-refractivity contribution in [3.8, 4) is 0 Å². The van der Waals surface area contributed by atoms with Crippen LogP contribution in [-0.2, 0) is 9.63 Å². The molecule has 0 radical (unpaired) electrons. The van der Waals surface area contributed by atoms with Gasteiger partial charge in [0.2, 0.25) is 5.91 Å². The smallest absolute Gasteiger partial charge is 0.243 e. The number of rotatable bonds is 0. The largest absolute Gasteiger partial charge is 0.273 e. The lowest BCUT2D eigenvalue weighted by atomic mass is 9.98. The van der Waals surface area contributed by atoms with Gasteiger partial charge in [0.05, 0.1) is 6.04 Å². The van der Waals surface area contributed by atoms with E-state index in [0.29, 0.717) is 0 Å². The van der Waals surface area contributed by atoms with Crippen LogP contribution in [0.4, 0.5) is 0 Å². The normalized spacial score (nSPS) is 34.5. The highest BCUT2D eigenvalue weighted by Crippen LogP contribution is 2.26. The molecule has 0 saturated carbocycles. The Hall–Kier alpha value is -0.830. The Morgan fingerprint density at radius 1 is 1.55 bits per heavy atom. The summed E-state index contributed by atoms with van der Waals surface area (Å²) in [6, 6.07) is 0.192. The topological polar surface area (TPSA) is 29.5 Å². The van der Waals surface area contributed by atoms with Crippen molar-refractivity contribution in [3.63, 3.8) is 0 Å². The molecule has 0 spiro atoms. The standard InChI is InChI=1S/C8H11NO2/c1-6(10)9-7-2-4-8(11-9)5-3-7/h2,4,7-8H,3,5H2,1H3. The summed E-state index contributed by atoms with van der Waals surface area (Å²) >= 11 is 0. The van der Waals surface area contributed by atoms with Gasteiger partial charge in [-0.3, -0.25) is 9.63 Å². The fourth-order valence-electron chi connectivity index (χ4n) is 1.59. The van der Waals surface area contributed by atoms with Gasteiger partial charge in [0.25, 0.3) is 0 Å². The third-order valence-corrected chi connectivity index (χ3v) is 2.16. The van der Waals surface area contributed by atoms with Crippen molar-refractivity contribution in [2.24, 2.45) is 0 Å². The molecule has 1 aliphatic carbocycles. The van der Waals surface area contributed by atoms with E-state index in [2.05, 4.69) is 6.08 Å². The molecule has 1 saturated heterocycles. The molecule has 0 aromatic carbocycles. The summed E-state index contributed by atoms with van der Waals surface area (Å²) in [6.45, 7) is 1.54. The first kappa shape index (κ1) is 6.85. The highest BCUT2D eigenvalue weighted by molar-refractivity contribution is 5.73. The molecule has 0 N–H and O–H groups in total. The molecule has 60 valence electrons. The second-order valence-corrected chi connectivity index (χ2v) is 3.02. The average Bonchev–Trinajstić information content (AvgIpc) is 2.06. The number of nitrogens with zero attached hydrogens (tertiary/aromatic N) is 1. The minimum Gasteiger partial charge on any atom is -0.273 e. The minimum atomic E-state index is 0.00375. The highest BCUT2D eigenvalue weighted by Gasteiger charge is 2.32. The number of fused-ring (bicyclic) bond motifs is 2. The maximum atomic E-state index is 11.0. The van der Waals surface area contributed by atoms with Gasteiger partial charge >= 0.3 is 0 Å².